The van der Waals surface area contributed by atoms with Crippen LogP contribution in [0.4, 0.5) is 4.79 Å². The Kier molecular flexibility index (Phi) is 4.40. The van der Waals surface area contributed by atoms with E-state index in [0.717, 1.165) is 11.1 Å². The fourth-order valence-corrected chi connectivity index (χ4v) is 2.26. The summed E-state index contributed by atoms with van der Waals surface area (Å²) >= 11 is 0. The minimum Gasteiger partial charge on any atom is -0.466 e. The minimum atomic E-state index is -0.495. The molecule has 5 heteroatoms. The van der Waals surface area contributed by atoms with E-state index in [1.54, 1.807) is 13.1 Å². The van der Waals surface area contributed by atoms with E-state index >= 15 is 0 Å². The van der Waals surface area contributed by atoms with Gasteiger partial charge in [0.05, 0.1) is 26.2 Å². The molecule has 0 aliphatic carbocycles. The van der Waals surface area contributed by atoms with Gasteiger partial charge in [-0.05, 0) is 24.1 Å². The van der Waals surface area contributed by atoms with Gasteiger partial charge in [0.2, 0.25) is 0 Å². The molecule has 0 fully saturated rings. The van der Waals surface area contributed by atoms with Gasteiger partial charge in [0, 0.05) is 6.20 Å². The Morgan fingerprint density at radius 3 is 2.75 bits per heavy atom. The number of ether oxygens (including phenoxy) is 2. The quantitative estimate of drug-likeness (QED) is 0.796. The molecule has 2 rings (SSSR count). The van der Waals surface area contributed by atoms with Gasteiger partial charge in [0.25, 0.3) is 0 Å². The summed E-state index contributed by atoms with van der Waals surface area (Å²) < 4.78 is 9.74. The lowest BCUT2D eigenvalue weighted by molar-refractivity contribution is -0.144. The molecule has 20 heavy (non-hydrogen) atoms. The van der Waals surface area contributed by atoms with Crippen molar-refractivity contribution in [2.24, 2.45) is 0 Å². The van der Waals surface area contributed by atoms with Crippen molar-refractivity contribution in [3.05, 3.63) is 41.6 Å². The molecule has 0 bridgehead atoms. The molecular formula is C15H17NO4. The maximum atomic E-state index is 11.8. The smallest absolute Gasteiger partial charge is 0.414 e. The summed E-state index contributed by atoms with van der Waals surface area (Å²) in [6.07, 6.45) is 3.07. The highest BCUT2D eigenvalue weighted by atomic mass is 16.5. The molecule has 1 unspecified atom stereocenters. The molecule has 0 saturated carbocycles. The lowest BCUT2D eigenvalue weighted by Gasteiger charge is -2.31. The summed E-state index contributed by atoms with van der Waals surface area (Å²) in [5, 5.41) is 0. The molecule has 1 amide bonds. The maximum absolute atomic E-state index is 11.8. The van der Waals surface area contributed by atoms with Crippen LogP contribution in [0.3, 0.4) is 0 Å². The number of esters is 1. The van der Waals surface area contributed by atoms with Gasteiger partial charge in [-0.25, -0.2) is 4.79 Å². The first-order chi connectivity index (χ1) is 9.67. The number of hydrogen-bond donors (Lipinski definition) is 0. The normalized spacial score (nSPS) is 16.5. The van der Waals surface area contributed by atoms with Crippen molar-refractivity contribution in [2.45, 2.75) is 19.4 Å². The van der Waals surface area contributed by atoms with Gasteiger partial charge in [0.1, 0.15) is 0 Å². The predicted molar refractivity (Wildman–Crippen MR) is 73.7 cm³/mol. The highest BCUT2D eigenvalue weighted by Crippen LogP contribution is 2.33. The van der Waals surface area contributed by atoms with Gasteiger partial charge in [-0.3, -0.25) is 9.69 Å². The lowest BCUT2D eigenvalue weighted by Crippen LogP contribution is -2.34. The van der Waals surface area contributed by atoms with Crippen molar-refractivity contribution < 1.29 is 19.1 Å². The van der Waals surface area contributed by atoms with E-state index in [2.05, 4.69) is 0 Å². The van der Waals surface area contributed by atoms with Crippen LogP contribution in [0.5, 0.6) is 0 Å². The third-order valence-electron chi connectivity index (χ3n) is 3.16. The summed E-state index contributed by atoms with van der Waals surface area (Å²) in [4.78, 5) is 25.0. The SMILES string of the molecule is CCOC(=O)CC1c2ccccc2C=CN1C(=O)OC. The maximum Gasteiger partial charge on any atom is 0.414 e. The Bertz CT molecular complexity index is 538. The number of rotatable bonds is 3. The molecule has 1 atom stereocenters. The number of fused-ring (bicyclic) bond motifs is 1. The zero-order valence-electron chi connectivity index (χ0n) is 11.5. The third-order valence-corrected chi connectivity index (χ3v) is 3.16. The first kappa shape index (κ1) is 14.1. The van der Waals surface area contributed by atoms with E-state index in [1.807, 2.05) is 30.3 Å². The lowest BCUT2D eigenvalue weighted by atomic mass is 9.94. The second-order valence-electron chi connectivity index (χ2n) is 4.35. The number of amides is 1. The Hall–Kier alpha value is -2.30. The fraction of sp³-hybridized carbons (Fsp3) is 0.333. The van der Waals surface area contributed by atoms with Crippen LogP contribution in [0.25, 0.3) is 6.08 Å². The van der Waals surface area contributed by atoms with Gasteiger partial charge in [-0.1, -0.05) is 24.3 Å². The topological polar surface area (TPSA) is 55.8 Å². The number of methoxy groups -OCH3 is 1. The van der Waals surface area contributed by atoms with Crippen LogP contribution in [0.2, 0.25) is 0 Å². The first-order valence-corrected chi connectivity index (χ1v) is 6.46. The first-order valence-electron chi connectivity index (χ1n) is 6.46. The van der Waals surface area contributed by atoms with Crippen molar-refractivity contribution in [3.63, 3.8) is 0 Å². The summed E-state index contributed by atoms with van der Waals surface area (Å²) in [6, 6.07) is 7.24. The van der Waals surface area contributed by atoms with E-state index in [1.165, 1.54) is 12.0 Å². The Morgan fingerprint density at radius 1 is 1.30 bits per heavy atom. The highest BCUT2D eigenvalue weighted by molar-refractivity contribution is 5.77. The van der Waals surface area contributed by atoms with Crippen LogP contribution in [-0.4, -0.2) is 30.7 Å². The molecule has 5 nitrogen and oxygen atoms in total. The van der Waals surface area contributed by atoms with Crippen molar-refractivity contribution in [1.82, 2.24) is 4.90 Å². The number of carbonyl (C=O) groups excluding carboxylic acids is 2. The fourth-order valence-electron chi connectivity index (χ4n) is 2.26. The highest BCUT2D eigenvalue weighted by Gasteiger charge is 2.30. The van der Waals surface area contributed by atoms with Gasteiger partial charge in [-0.2, -0.15) is 0 Å². The van der Waals surface area contributed by atoms with Crippen LogP contribution in [0.15, 0.2) is 30.5 Å². The van der Waals surface area contributed by atoms with Crippen molar-refractivity contribution in [3.8, 4) is 0 Å². The Balaban J connectivity index is 2.31. The van der Waals surface area contributed by atoms with Crippen molar-refractivity contribution in [1.29, 1.82) is 0 Å². The minimum absolute atomic E-state index is 0.101. The summed E-state index contributed by atoms with van der Waals surface area (Å²) in [5.41, 5.74) is 1.90. The van der Waals surface area contributed by atoms with E-state index < -0.39 is 12.1 Å². The van der Waals surface area contributed by atoms with Crippen molar-refractivity contribution >= 4 is 18.1 Å². The number of nitrogens with zero attached hydrogens (tertiary/aromatic N) is 1. The average molecular weight is 275 g/mol. The van der Waals surface area contributed by atoms with E-state index in [9.17, 15) is 9.59 Å². The van der Waals surface area contributed by atoms with Gasteiger partial charge >= 0.3 is 12.1 Å². The van der Waals surface area contributed by atoms with E-state index in [-0.39, 0.29) is 12.4 Å². The molecule has 1 aromatic rings. The van der Waals surface area contributed by atoms with Crippen LogP contribution < -0.4 is 0 Å². The molecule has 0 radical (unpaired) electrons. The predicted octanol–water partition coefficient (Wildman–Crippen LogP) is 2.73. The van der Waals surface area contributed by atoms with E-state index in [0.29, 0.717) is 6.61 Å². The molecule has 0 N–H and O–H groups in total. The van der Waals surface area contributed by atoms with Gasteiger partial charge in [0.15, 0.2) is 0 Å². The molecule has 0 aromatic heterocycles. The number of carbonyl (C=O) groups is 2. The third kappa shape index (κ3) is 2.82. The molecule has 1 heterocycles. The molecule has 1 aliphatic heterocycles. The standard InChI is InChI=1S/C15H17NO4/c1-3-20-14(17)10-13-12-7-5-4-6-11(12)8-9-16(13)15(18)19-2/h4-9,13H,3,10H2,1-2H3. The van der Waals surface area contributed by atoms with Crippen molar-refractivity contribution in [2.75, 3.05) is 13.7 Å². The van der Waals surface area contributed by atoms with Crippen LogP contribution >= 0.6 is 0 Å². The summed E-state index contributed by atoms with van der Waals surface area (Å²) in [7, 11) is 1.32. The largest absolute Gasteiger partial charge is 0.466 e. The zero-order chi connectivity index (χ0) is 14.5. The second kappa shape index (κ2) is 6.23. The Labute approximate surface area is 117 Å². The molecule has 1 aliphatic rings. The average Bonchev–Trinajstić information content (AvgIpc) is 2.47. The Morgan fingerprint density at radius 2 is 2.05 bits per heavy atom. The van der Waals surface area contributed by atoms with E-state index in [4.69, 9.17) is 9.47 Å². The molecule has 0 spiro atoms. The zero-order valence-corrected chi connectivity index (χ0v) is 11.5. The van der Waals surface area contributed by atoms with Crippen LogP contribution in [0.1, 0.15) is 30.5 Å². The number of benzene rings is 1. The summed E-state index contributed by atoms with van der Waals surface area (Å²) in [6.45, 7) is 2.08. The molecule has 1 aromatic carbocycles. The monoisotopic (exact) mass is 275 g/mol. The van der Waals surface area contributed by atoms with Crippen LogP contribution in [0, 0.1) is 0 Å². The molecular weight excluding hydrogens is 258 g/mol. The number of hydrogen-bond acceptors (Lipinski definition) is 4. The molecule has 106 valence electrons. The molecule has 0 saturated heterocycles. The van der Waals surface area contributed by atoms with Gasteiger partial charge in [-0.15, -0.1) is 0 Å². The second-order valence-corrected chi connectivity index (χ2v) is 4.35. The summed E-state index contributed by atoms with van der Waals surface area (Å²) in [5.74, 6) is -0.337. The van der Waals surface area contributed by atoms with Crippen LogP contribution in [-0.2, 0) is 14.3 Å². The van der Waals surface area contributed by atoms with Gasteiger partial charge < -0.3 is 9.47 Å².